The van der Waals surface area contributed by atoms with E-state index in [2.05, 4.69) is 4.74 Å². The third-order valence-corrected chi connectivity index (χ3v) is 2.76. The van der Waals surface area contributed by atoms with Gasteiger partial charge in [-0.25, -0.2) is 4.79 Å². The Morgan fingerprint density at radius 1 is 1.31 bits per heavy atom. The van der Waals surface area contributed by atoms with Crippen molar-refractivity contribution in [3.05, 3.63) is 0 Å². The van der Waals surface area contributed by atoms with Crippen LogP contribution in [0.1, 0.15) is 33.1 Å². The Hall–Kier alpha value is -0.940. The van der Waals surface area contributed by atoms with E-state index in [-0.39, 0.29) is 12.1 Å². The van der Waals surface area contributed by atoms with Gasteiger partial charge in [0, 0.05) is 12.1 Å². The van der Waals surface area contributed by atoms with Gasteiger partial charge in [0.15, 0.2) is 6.61 Å². The molecule has 0 aromatic rings. The van der Waals surface area contributed by atoms with Crippen LogP contribution in [0, 0.1) is 0 Å². The van der Waals surface area contributed by atoms with E-state index in [0.29, 0.717) is 0 Å². The Morgan fingerprint density at radius 2 is 1.81 bits per heavy atom. The Bertz CT molecular complexity index is 245. The van der Waals surface area contributed by atoms with Crippen LogP contribution in [0.3, 0.4) is 0 Å². The van der Waals surface area contributed by atoms with Gasteiger partial charge in [0.2, 0.25) is 0 Å². The molecular formula is C10H16F3NO2. The standard InChI is InChI=1S/C10H16F3NO2/c1-7-4-3-5-8(2)14(7)9(15)16-6-10(11,12)13/h7-8H,3-6H2,1-2H3. The first-order valence-electron chi connectivity index (χ1n) is 5.33. The van der Waals surface area contributed by atoms with Gasteiger partial charge in [-0.2, -0.15) is 13.2 Å². The summed E-state index contributed by atoms with van der Waals surface area (Å²) in [4.78, 5) is 12.9. The van der Waals surface area contributed by atoms with Crippen LogP contribution in [0.5, 0.6) is 0 Å². The molecule has 0 aliphatic carbocycles. The number of ether oxygens (including phenoxy) is 1. The molecule has 94 valence electrons. The fraction of sp³-hybridized carbons (Fsp3) is 0.900. The first kappa shape index (κ1) is 13.1. The number of halogens is 3. The molecule has 2 unspecified atom stereocenters. The number of alkyl halides is 3. The molecule has 1 fully saturated rings. The van der Waals surface area contributed by atoms with Crippen LogP contribution < -0.4 is 0 Å². The molecule has 1 saturated heterocycles. The maximum absolute atomic E-state index is 11.9. The highest BCUT2D eigenvalue weighted by Crippen LogP contribution is 2.24. The lowest BCUT2D eigenvalue weighted by Gasteiger charge is -2.38. The number of carbonyl (C=O) groups is 1. The molecule has 1 amide bonds. The van der Waals surface area contributed by atoms with Crippen molar-refractivity contribution in [2.24, 2.45) is 0 Å². The minimum atomic E-state index is -4.46. The number of likely N-dealkylation sites (tertiary alicyclic amines) is 1. The van der Waals surface area contributed by atoms with E-state index >= 15 is 0 Å². The number of amides is 1. The summed E-state index contributed by atoms with van der Waals surface area (Å²) in [5.74, 6) is 0. The van der Waals surface area contributed by atoms with Crippen molar-refractivity contribution in [1.82, 2.24) is 4.90 Å². The van der Waals surface area contributed by atoms with E-state index in [1.165, 1.54) is 4.90 Å². The van der Waals surface area contributed by atoms with Gasteiger partial charge in [0.05, 0.1) is 0 Å². The second kappa shape index (κ2) is 4.93. The molecule has 0 spiro atoms. The molecule has 3 nitrogen and oxygen atoms in total. The highest BCUT2D eigenvalue weighted by molar-refractivity contribution is 5.68. The molecule has 0 radical (unpaired) electrons. The average molecular weight is 239 g/mol. The zero-order valence-electron chi connectivity index (χ0n) is 9.38. The van der Waals surface area contributed by atoms with E-state index < -0.39 is 18.9 Å². The molecule has 0 N–H and O–H groups in total. The number of nitrogens with zero attached hydrogens (tertiary/aromatic N) is 1. The topological polar surface area (TPSA) is 29.5 Å². The number of piperidine rings is 1. The van der Waals surface area contributed by atoms with Crippen LogP contribution in [-0.2, 0) is 4.74 Å². The fourth-order valence-corrected chi connectivity index (χ4v) is 2.00. The van der Waals surface area contributed by atoms with E-state index in [0.717, 1.165) is 19.3 Å². The Morgan fingerprint density at radius 3 is 2.25 bits per heavy atom. The van der Waals surface area contributed by atoms with Crippen LogP contribution in [-0.4, -0.2) is 35.9 Å². The van der Waals surface area contributed by atoms with Gasteiger partial charge in [-0.15, -0.1) is 0 Å². The molecule has 16 heavy (non-hydrogen) atoms. The largest absolute Gasteiger partial charge is 0.440 e. The van der Waals surface area contributed by atoms with E-state index in [4.69, 9.17) is 0 Å². The van der Waals surface area contributed by atoms with Crippen molar-refractivity contribution in [2.45, 2.75) is 51.4 Å². The Balaban J connectivity index is 2.51. The molecule has 0 aromatic carbocycles. The van der Waals surface area contributed by atoms with Crippen molar-refractivity contribution in [3.63, 3.8) is 0 Å². The predicted octanol–water partition coefficient (Wildman–Crippen LogP) is 2.95. The smallest absolute Gasteiger partial charge is 0.422 e. The number of hydrogen-bond acceptors (Lipinski definition) is 2. The summed E-state index contributed by atoms with van der Waals surface area (Å²) in [6.45, 7) is 2.14. The van der Waals surface area contributed by atoms with Gasteiger partial charge in [0.25, 0.3) is 0 Å². The van der Waals surface area contributed by atoms with Gasteiger partial charge in [-0.3, -0.25) is 0 Å². The number of rotatable bonds is 1. The third kappa shape index (κ3) is 3.57. The molecule has 6 heteroatoms. The summed E-state index contributed by atoms with van der Waals surface area (Å²) in [6, 6.07) is -0.103. The quantitative estimate of drug-likeness (QED) is 0.704. The summed E-state index contributed by atoms with van der Waals surface area (Å²) < 4.78 is 39.9. The molecule has 0 saturated carbocycles. The lowest BCUT2D eigenvalue weighted by Crippen LogP contribution is -2.48. The Labute approximate surface area is 92.5 Å². The second-order valence-corrected chi connectivity index (χ2v) is 4.21. The number of hydrogen-bond donors (Lipinski definition) is 0. The van der Waals surface area contributed by atoms with Gasteiger partial charge >= 0.3 is 12.3 Å². The van der Waals surface area contributed by atoms with Crippen molar-refractivity contribution in [3.8, 4) is 0 Å². The fourth-order valence-electron chi connectivity index (χ4n) is 2.00. The van der Waals surface area contributed by atoms with Crippen LogP contribution in [0.25, 0.3) is 0 Å². The minimum absolute atomic E-state index is 0.0514. The molecular weight excluding hydrogens is 223 g/mol. The van der Waals surface area contributed by atoms with Gasteiger partial charge in [0.1, 0.15) is 0 Å². The average Bonchev–Trinajstić information content (AvgIpc) is 2.13. The van der Waals surface area contributed by atoms with Crippen LogP contribution in [0.15, 0.2) is 0 Å². The van der Waals surface area contributed by atoms with Gasteiger partial charge in [-0.1, -0.05) is 0 Å². The van der Waals surface area contributed by atoms with Crippen molar-refractivity contribution >= 4 is 6.09 Å². The van der Waals surface area contributed by atoms with Crippen LogP contribution >= 0.6 is 0 Å². The van der Waals surface area contributed by atoms with E-state index in [9.17, 15) is 18.0 Å². The molecule has 0 bridgehead atoms. The predicted molar refractivity (Wildman–Crippen MR) is 52.0 cm³/mol. The van der Waals surface area contributed by atoms with Gasteiger partial charge < -0.3 is 9.64 Å². The summed E-state index contributed by atoms with van der Waals surface area (Å²) in [6.07, 6.45) is -2.71. The maximum atomic E-state index is 11.9. The number of carbonyl (C=O) groups excluding carboxylic acids is 1. The second-order valence-electron chi connectivity index (χ2n) is 4.21. The van der Waals surface area contributed by atoms with Crippen LogP contribution in [0.2, 0.25) is 0 Å². The Kier molecular flexibility index (Phi) is 4.04. The summed E-state index contributed by atoms with van der Waals surface area (Å²) in [5, 5.41) is 0. The molecule has 2 atom stereocenters. The van der Waals surface area contributed by atoms with Crippen molar-refractivity contribution < 1.29 is 22.7 Å². The zero-order chi connectivity index (χ0) is 12.3. The molecule has 1 aliphatic heterocycles. The monoisotopic (exact) mass is 239 g/mol. The molecule has 1 aliphatic rings. The van der Waals surface area contributed by atoms with E-state index in [1.54, 1.807) is 0 Å². The first-order valence-corrected chi connectivity index (χ1v) is 5.33. The van der Waals surface area contributed by atoms with Gasteiger partial charge in [-0.05, 0) is 33.1 Å². The van der Waals surface area contributed by atoms with Crippen molar-refractivity contribution in [1.29, 1.82) is 0 Å². The lowest BCUT2D eigenvalue weighted by atomic mass is 9.98. The summed E-state index contributed by atoms with van der Waals surface area (Å²) in [5.41, 5.74) is 0. The summed E-state index contributed by atoms with van der Waals surface area (Å²) >= 11 is 0. The third-order valence-electron chi connectivity index (χ3n) is 2.76. The highest BCUT2D eigenvalue weighted by Gasteiger charge is 2.34. The maximum Gasteiger partial charge on any atom is 0.422 e. The van der Waals surface area contributed by atoms with Crippen LogP contribution in [0.4, 0.5) is 18.0 Å². The SMILES string of the molecule is CC1CCCC(C)N1C(=O)OCC(F)(F)F. The lowest BCUT2D eigenvalue weighted by molar-refractivity contribution is -0.163. The zero-order valence-corrected chi connectivity index (χ0v) is 9.38. The van der Waals surface area contributed by atoms with Crippen molar-refractivity contribution in [2.75, 3.05) is 6.61 Å². The minimum Gasteiger partial charge on any atom is -0.440 e. The normalized spacial score (nSPS) is 26.7. The molecule has 1 rings (SSSR count). The summed E-state index contributed by atoms with van der Waals surface area (Å²) in [7, 11) is 0. The molecule has 0 aromatic heterocycles. The highest BCUT2D eigenvalue weighted by atomic mass is 19.4. The van der Waals surface area contributed by atoms with E-state index in [1.807, 2.05) is 13.8 Å². The first-order chi connectivity index (χ1) is 7.31. The molecule has 1 heterocycles.